The summed E-state index contributed by atoms with van der Waals surface area (Å²) in [7, 11) is 1.37. The molecule has 0 amide bonds. The lowest BCUT2D eigenvalue weighted by atomic mass is 10.0. The van der Waals surface area contributed by atoms with Crippen molar-refractivity contribution in [1.29, 1.82) is 0 Å². The number of ether oxygens (including phenoxy) is 1. The van der Waals surface area contributed by atoms with Crippen molar-refractivity contribution in [3.8, 4) is 0 Å². The number of methoxy groups -OCH3 is 1. The van der Waals surface area contributed by atoms with Crippen molar-refractivity contribution in [2.24, 2.45) is 5.73 Å². The maximum Gasteiger partial charge on any atom is 0.337 e. The number of halogens is 1. The van der Waals surface area contributed by atoms with Crippen molar-refractivity contribution in [2.75, 3.05) is 7.11 Å². The molecule has 0 saturated carbocycles. The van der Waals surface area contributed by atoms with Gasteiger partial charge < -0.3 is 10.5 Å². The van der Waals surface area contributed by atoms with Crippen LogP contribution < -0.4 is 5.73 Å². The predicted octanol–water partition coefficient (Wildman–Crippen LogP) is 3.00. The average Bonchev–Trinajstić information content (AvgIpc) is 2.91. The molecular weight excluding hydrogens is 270 g/mol. The van der Waals surface area contributed by atoms with E-state index in [0.29, 0.717) is 5.56 Å². The molecule has 1 aromatic heterocycles. The molecule has 0 bridgehead atoms. The van der Waals surface area contributed by atoms with Gasteiger partial charge in [0.1, 0.15) is 0 Å². The molecule has 2 aromatic rings. The number of carbonyl (C=O) groups excluding carboxylic acids is 1. The van der Waals surface area contributed by atoms with Gasteiger partial charge in [-0.15, -0.1) is 12.4 Å². The number of hydrogen-bond donors (Lipinski definition) is 1. The fourth-order valence-corrected chi connectivity index (χ4v) is 2.29. The summed E-state index contributed by atoms with van der Waals surface area (Å²) in [4.78, 5) is 11.3. The van der Waals surface area contributed by atoms with E-state index in [-0.39, 0.29) is 24.4 Å². The van der Waals surface area contributed by atoms with Crippen LogP contribution >= 0.6 is 23.7 Å². The average molecular weight is 284 g/mol. The lowest BCUT2D eigenvalue weighted by molar-refractivity contribution is 0.0600. The quantitative estimate of drug-likeness (QED) is 0.881. The molecule has 0 fully saturated rings. The largest absolute Gasteiger partial charge is 0.465 e. The summed E-state index contributed by atoms with van der Waals surface area (Å²) < 4.78 is 4.64. The molecule has 0 aliphatic carbocycles. The third-order valence-electron chi connectivity index (χ3n) is 2.59. The lowest BCUT2D eigenvalue weighted by Crippen LogP contribution is -2.11. The van der Waals surface area contributed by atoms with Crippen molar-refractivity contribution >= 4 is 29.7 Å². The van der Waals surface area contributed by atoms with Gasteiger partial charge in [-0.2, -0.15) is 11.3 Å². The molecule has 1 heterocycles. The molecule has 96 valence electrons. The maximum atomic E-state index is 11.3. The summed E-state index contributed by atoms with van der Waals surface area (Å²) in [5, 5.41) is 4.02. The van der Waals surface area contributed by atoms with Gasteiger partial charge in [-0.05, 0) is 40.1 Å². The van der Waals surface area contributed by atoms with Gasteiger partial charge in [-0.25, -0.2) is 4.79 Å². The van der Waals surface area contributed by atoms with E-state index in [1.54, 1.807) is 23.5 Å². The molecule has 3 nitrogen and oxygen atoms in total. The van der Waals surface area contributed by atoms with Gasteiger partial charge in [0.05, 0.1) is 18.7 Å². The predicted molar refractivity (Wildman–Crippen MR) is 75.4 cm³/mol. The number of benzene rings is 1. The molecule has 2 N–H and O–H groups in total. The highest BCUT2D eigenvalue weighted by Gasteiger charge is 2.10. The van der Waals surface area contributed by atoms with Crippen LogP contribution in [-0.2, 0) is 4.74 Å². The topological polar surface area (TPSA) is 52.3 Å². The van der Waals surface area contributed by atoms with Crippen LogP contribution in [0.3, 0.4) is 0 Å². The van der Waals surface area contributed by atoms with Crippen LogP contribution in [0.4, 0.5) is 0 Å². The highest BCUT2D eigenvalue weighted by molar-refractivity contribution is 7.08. The van der Waals surface area contributed by atoms with Gasteiger partial charge in [-0.3, -0.25) is 0 Å². The Hall–Kier alpha value is -1.36. The minimum Gasteiger partial charge on any atom is -0.465 e. The molecule has 0 saturated heterocycles. The summed E-state index contributed by atoms with van der Waals surface area (Å²) in [6.07, 6.45) is 0. The van der Waals surface area contributed by atoms with Crippen LogP contribution in [0, 0.1) is 0 Å². The van der Waals surface area contributed by atoms with Crippen molar-refractivity contribution in [3.05, 3.63) is 57.8 Å². The van der Waals surface area contributed by atoms with Crippen molar-refractivity contribution < 1.29 is 9.53 Å². The first-order valence-electron chi connectivity index (χ1n) is 5.18. The Morgan fingerprint density at radius 1 is 1.22 bits per heavy atom. The summed E-state index contributed by atoms with van der Waals surface area (Å²) in [5.41, 5.74) is 8.71. The summed E-state index contributed by atoms with van der Waals surface area (Å²) in [6.45, 7) is 0. The summed E-state index contributed by atoms with van der Waals surface area (Å²) >= 11 is 1.62. The van der Waals surface area contributed by atoms with Crippen LogP contribution in [0.15, 0.2) is 41.1 Å². The number of nitrogens with two attached hydrogens (primary N) is 1. The number of rotatable bonds is 3. The standard InChI is InChI=1S/C13H13NO2S.ClH/c1-16-13(15)10-4-2-9(3-5-10)12(14)11-6-7-17-8-11;/h2-8,12H,14H2,1H3;1H/t12-;/m1./s1. The Morgan fingerprint density at radius 2 is 1.89 bits per heavy atom. The van der Waals surface area contributed by atoms with E-state index in [9.17, 15) is 4.79 Å². The van der Waals surface area contributed by atoms with Gasteiger partial charge in [0.2, 0.25) is 0 Å². The normalized spacial score (nSPS) is 11.4. The SMILES string of the molecule is COC(=O)c1ccc([C@@H](N)c2ccsc2)cc1.Cl. The Balaban J connectivity index is 0.00000162. The Bertz CT molecular complexity index is 496. The van der Waals surface area contributed by atoms with Crippen molar-refractivity contribution in [3.63, 3.8) is 0 Å². The molecule has 1 atom stereocenters. The summed E-state index contributed by atoms with van der Waals surface area (Å²) in [5.74, 6) is -0.333. The number of esters is 1. The van der Waals surface area contributed by atoms with Crippen LogP contribution in [0.1, 0.15) is 27.5 Å². The number of carbonyl (C=O) groups is 1. The molecule has 2 rings (SSSR count). The smallest absolute Gasteiger partial charge is 0.337 e. The molecule has 1 aromatic carbocycles. The first-order valence-corrected chi connectivity index (χ1v) is 6.12. The first kappa shape index (κ1) is 14.7. The molecule has 5 heteroatoms. The third kappa shape index (κ3) is 3.10. The van der Waals surface area contributed by atoms with Gasteiger partial charge in [0.15, 0.2) is 0 Å². The van der Waals surface area contributed by atoms with Crippen molar-refractivity contribution in [2.45, 2.75) is 6.04 Å². The van der Waals surface area contributed by atoms with Crippen LogP contribution in [-0.4, -0.2) is 13.1 Å². The zero-order valence-electron chi connectivity index (χ0n) is 9.83. The van der Waals surface area contributed by atoms with E-state index < -0.39 is 0 Å². The number of hydrogen-bond acceptors (Lipinski definition) is 4. The fourth-order valence-electron chi connectivity index (χ4n) is 1.59. The van der Waals surface area contributed by atoms with Crippen LogP contribution in [0.5, 0.6) is 0 Å². The minimum absolute atomic E-state index is 0. The zero-order chi connectivity index (χ0) is 12.3. The second-order valence-electron chi connectivity index (χ2n) is 3.65. The molecule has 0 aliphatic heterocycles. The van der Waals surface area contributed by atoms with Crippen LogP contribution in [0.25, 0.3) is 0 Å². The minimum atomic E-state index is -0.333. The first-order chi connectivity index (χ1) is 8.22. The third-order valence-corrected chi connectivity index (χ3v) is 3.29. The molecule has 18 heavy (non-hydrogen) atoms. The van der Waals surface area contributed by atoms with E-state index in [4.69, 9.17) is 5.73 Å². The van der Waals surface area contributed by atoms with E-state index >= 15 is 0 Å². The second kappa shape index (κ2) is 6.54. The molecule has 0 radical (unpaired) electrons. The van der Waals surface area contributed by atoms with Crippen LogP contribution in [0.2, 0.25) is 0 Å². The monoisotopic (exact) mass is 283 g/mol. The van der Waals surface area contributed by atoms with E-state index in [0.717, 1.165) is 11.1 Å². The van der Waals surface area contributed by atoms with Crippen molar-refractivity contribution in [1.82, 2.24) is 0 Å². The van der Waals surface area contributed by atoms with Gasteiger partial charge >= 0.3 is 5.97 Å². The van der Waals surface area contributed by atoms with E-state index in [2.05, 4.69) is 4.74 Å². The lowest BCUT2D eigenvalue weighted by Gasteiger charge is -2.10. The second-order valence-corrected chi connectivity index (χ2v) is 4.43. The van der Waals surface area contributed by atoms with Gasteiger partial charge in [-0.1, -0.05) is 12.1 Å². The molecule has 0 spiro atoms. The Kier molecular flexibility index (Phi) is 5.34. The van der Waals surface area contributed by atoms with Gasteiger partial charge in [0, 0.05) is 0 Å². The fraction of sp³-hybridized carbons (Fsp3) is 0.154. The summed E-state index contributed by atoms with van der Waals surface area (Å²) in [6, 6.07) is 9.03. The maximum absolute atomic E-state index is 11.3. The highest BCUT2D eigenvalue weighted by atomic mass is 35.5. The molecule has 0 unspecified atom stereocenters. The zero-order valence-corrected chi connectivity index (χ0v) is 11.5. The Morgan fingerprint density at radius 3 is 2.39 bits per heavy atom. The van der Waals surface area contributed by atoms with E-state index in [1.807, 2.05) is 29.0 Å². The molecule has 0 aliphatic rings. The number of thiophene rings is 1. The molecular formula is C13H14ClNO2S. The van der Waals surface area contributed by atoms with Gasteiger partial charge in [0.25, 0.3) is 0 Å². The highest BCUT2D eigenvalue weighted by Crippen LogP contribution is 2.22. The Labute approximate surface area is 116 Å². The van der Waals surface area contributed by atoms with E-state index in [1.165, 1.54) is 7.11 Å².